The lowest BCUT2D eigenvalue weighted by molar-refractivity contribution is 0.191. The first-order chi connectivity index (χ1) is 9.17. The summed E-state index contributed by atoms with van der Waals surface area (Å²) >= 11 is 0. The van der Waals surface area contributed by atoms with Crippen LogP contribution in [-0.4, -0.2) is 45.1 Å². The van der Waals surface area contributed by atoms with E-state index >= 15 is 0 Å². The number of hydrogen-bond donors (Lipinski definition) is 3. The summed E-state index contributed by atoms with van der Waals surface area (Å²) in [6.45, 7) is 4.78. The molecule has 1 aromatic carbocycles. The molecule has 21 heavy (non-hydrogen) atoms. The molecule has 0 aromatic heterocycles. The Bertz CT molecular complexity index is 379. The molecule has 0 saturated heterocycles. The SMILES string of the molecule is COc1ccc(CNCCNCC(C)O)c(OC)c1.Cl.Cl. The van der Waals surface area contributed by atoms with Gasteiger partial charge in [-0.3, -0.25) is 0 Å². The Balaban J connectivity index is 0. The van der Waals surface area contributed by atoms with Gasteiger partial charge in [0.05, 0.1) is 20.3 Å². The Morgan fingerprint density at radius 1 is 1.10 bits per heavy atom. The average molecular weight is 341 g/mol. The summed E-state index contributed by atoms with van der Waals surface area (Å²) in [7, 11) is 3.29. The minimum absolute atomic E-state index is 0. The van der Waals surface area contributed by atoms with Crippen LogP contribution in [0.4, 0.5) is 0 Å². The van der Waals surface area contributed by atoms with Crippen LogP contribution in [0.3, 0.4) is 0 Å². The number of benzene rings is 1. The number of methoxy groups -OCH3 is 2. The van der Waals surface area contributed by atoms with Gasteiger partial charge in [0.25, 0.3) is 0 Å². The van der Waals surface area contributed by atoms with Gasteiger partial charge in [-0.1, -0.05) is 6.07 Å². The molecule has 7 heteroatoms. The quantitative estimate of drug-likeness (QED) is 0.596. The molecular formula is C14H26Cl2N2O3. The molecule has 0 aliphatic carbocycles. The Morgan fingerprint density at radius 3 is 2.33 bits per heavy atom. The highest BCUT2D eigenvalue weighted by molar-refractivity contribution is 5.85. The number of nitrogens with one attached hydrogen (secondary N) is 2. The number of hydrogen-bond acceptors (Lipinski definition) is 5. The molecule has 0 aliphatic heterocycles. The molecule has 0 bridgehead atoms. The van der Waals surface area contributed by atoms with Gasteiger partial charge >= 0.3 is 0 Å². The average Bonchev–Trinajstić information content (AvgIpc) is 2.42. The maximum Gasteiger partial charge on any atom is 0.127 e. The lowest BCUT2D eigenvalue weighted by atomic mass is 10.2. The maximum atomic E-state index is 9.09. The number of ether oxygens (including phenoxy) is 2. The molecule has 0 heterocycles. The molecule has 0 amide bonds. The van der Waals surface area contributed by atoms with Gasteiger partial charge < -0.3 is 25.2 Å². The van der Waals surface area contributed by atoms with Gasteiger partial charge in [0.2, 0.25) is 0 Å². The Kier molecular flexibility index (Phi) is 13.9. The van der Waals surface area contributed by atoms with Crippen molar-refractivity contribution >= 4 is 24.8 Å². The highest BCUT2D eigenvalue weighted by Gasteiger charge is 2.04. The van der Waals surface area contributed by atoms with E-state index in [0.29, 0.717) is 6.54 Å². The van der Waals surface area contributed by atoms with Crippen molar-refractivity contribution < 1.29 is 14.6 Å². The second-order valence-corrected chi connectivity index (χ2v) is 4.41. The van der Waals surface area contributed by atoms with Gasteiger partial charge in [-0.25, -0.2) is 0 Å². The van der Waals surface area contributed by atoms with Crippen molar-refractivity contribution in [3.05, 3.63) is 23.8 Å². The third-order valence-corrected chi connectivity index (χ3v) is 2.73. The van der Waals surface area contributed by atoms with Gasteiger partial charge in [0, 0.05) is 37.8 Å². The Labute approximate surface area is 139 Å². The van der Waals surface area contributed by atoms with Crippen LogP contribution in [-0.2, 0) is 6.54 Å². The van der Waals surface area contributed by atoms with E-state index in [1.165, 1.54) is 0 Å². The summed E-state index contributed by atoms with van der Waals surface area (Å²) < 4.78 is 10.5. The van der Waals surface area contributed by atoms with E-state index in [4.69, 9.17) is 14.6 Å². The van der Waals surface area contributed by atoms with Crippen LogP contribution in [0.1, 0.15) is 12.5 Å². The van der Waals surface area contributed by atoms with Crippen LogP contribution in [0, 0.1) is 0 Å². The molecule has 1 rings (SSSR count). The topological polar surface area (TPSA) is 62.8 Å². The van der Waals surface area contributed by atoms with Crippen LogP contribution in [0.2, 0.25) is 0 Å². The first kappa shape index (κ1) is 22.6. The summed E-state index contributed by atoms with van der Waals surface area (Å²) in [5, 5.41) is 15.6. The van der Waals surface area contributed by atoms with Crippen molar-refractivity contribution in [2.24, 2.45) is 0 Å². The van der Waals surface area contributed by atoms with Gasteiger partial charge in [-0.05, 0) is 13.0 Å². The van der Waals surface area contributed by atoms with Crippen molar-refractivity contribution in [3.63, 3.8) is 0 Å². The van der Waals surface area contributed by atoms with Crippen LogP contribution in [0.5, 0.6) is 11.5 Å². The smallest absolute Gasteiger partial charge is 0.127 e. The minimum Gasteiger partial charge on any atom is -0.497 e. The summed E-state index contributed by atoms with van der Waals surface area (Å²) in [5.41, 5.74) is 1.10. The van der Waals surface area contributed by atoms with Crippen molar-refractivity contribution in [2.75, 3.05) is 33.9 Å². The van der Waals surface area contributed by atoms with Crippen molar-refractivity contribution in [2.45, 2.75) is 19.6 Å². The van der Waals surface area contributed by atoms with E-state index in [9.17, 15) is 0 Å². The minimum atomic E-state index is -0.304. The molecule has 3 N–H and O–H groups in total. The van der Waals surface area contributed by atoms with E-state index in [2.05, 4.69) is 10.6 Å². The third kappa shape index (κ3) is 9.01. The first-order valence-electron chi connectivity index (χ1n) is 6.47. The van der Waals surface area contributed by atoms with Gasteiger partial charge in [0.1, 0.15) is 11.5 Å². The first-order valence-corrected chi connectivity index (χ1v) is 6.47. The molecule has 124 valence electrons. The van der Waals surface area contributed by atoms with Gasteiger partial charge in [-0.15, -0.1) is 24.8 Å². The summed E-state index contributed by atoms with van der Waals surface area (Å²) in [5.74, 6) is 1.61. The van der Waals surface area contributed by atoms with Gasteiger partial charge in [0.15, 0.2) is 0 Å². The third-order valence-electron chi connectivity index (χ3n) is 2.73. The molecule has 5 nitrogen and oxygen atoms in total. The second kappa shape index (κ2) is 13.0. The van der Waals surface area contributed by atoms with E-state index in [-0.39, 0.29) is 30.9 Å². The lowest BCUT2D eigenvalue weighted by Crippen LogP contribution is -2.31. The summed E-state index contributed by atoms with van der Waals surface area (Å²) in [6, 6.07) is 5.79. The molecule has 0 saturated carbocycles. The van der Waals surface area contributed by atoms with Crippen LogP contribution in [0.25, 0.3) is 0 Å². The van der Waals surface area contributed by atoms with Gasteiger partial charge in [-0.2, -0.15) is 0 Å². The largest absolute Gasteiger partial charge is 0.497 e. The summed E-state index contributed by atoms with van der Waals surface area (Å²) in [6.07, 6.45) is -0.304. The predicted molar refractivity (Wildman–Crippen MR) is 90.3 cm³/mol. The normalized spacial score (nSPS) is 11.0. The van der Waals surface area contributed by atoms with Crippen LogP contribution >= 0.6 is 24.8 Å². The highest BCUT2D eigenvalue weighted by atomic mass is 35.5. The lowest BCUT2D eigenvalue weighted by Gasteiger charge is -2.12. The molecule has 1 atom stereocenters. The molecule has 1 unspecified atom stereocenters. The second-order valence-electron chi connectivity index (χ2n) is 4.41. The molecular weight excluding hydrogens is 315 g/mol. The standard InChI is InChI=1S/C14H24N2O3.2ClH/c1-11(17)9-15-6-7-16-10-12-4-5-13(18-2)8-14(12)19-3;;/h4-5,8,11,15-17H,6-7,9-10H2,1-3H3;2*1H. The number of halogens is 2. The number of aliphatic hydroxyl groups is 1. The zero-order chi connectivity index (χ0) is 14.1. The van der Waals surface area contributed by atoms with Crippen LogP contribution < -0.4 is 20.1 Å². The summed E-state index contributed by atoms with van der Waals surface area (Å²) in [4.78, 5) is 0. The molecule has 1 aromatic rings. The van der Waals surface area contributed by atoms with Crippen LogP contribution in [0.15, 0.2) is 18.2 Å². The fraction of sp³-hybridized carbons (Fsp3) is 0.571. The van der Waals surface area contributed by atoms with E-state index in [1.54, 1.807) is 21.1 Å². The monoisotopic (exact) mass is 340 g/mol. The fourth-order valence-electron chi connectivity index (χ4n) is 1.71. The fourth-order valence-corrected chi connectivity index (χ4v) is 1.71. The maximum absolute atomic E-state index is 9.09. The van der Waals surface area contributed by atoms with Crippen molar-refractivity contribution in [1.82, 2.24) is 10.6 Å². The van der Waals surface area contributed by atoms with Crippen molar-refractivity contribution in [3.8, 4) is 11.5 Å². The zero-order valence-electron chi connectivity index (χ0n) is 12.7. The van der Waals surface area contributed by atoms with E-state index < -0.39 is 0 Å². The Hall–Kier alpha value is -0.720. The number of rotatable bonds is 9. The zero-order valence-corrected chi connectivity index (χ0v) is 14.4. The van der Waals surface area contributed by atoms with Crippen molar-refractivity contribution in [1.29, 1.82) is 0 Å². The molecule has 0 aliphatic rings. The Morgan fingerprint density at radius 2 is 1.76 bits per heavy atom. The predicted octanol–water partition coefficient (Wildman–Crippen LogP) is 1.61. The molecule has 0 radical (unpaired) electrons. The van der Waals surface area contributed by atoms with E-state index in [1.807, 2.05) is 18.2 Å². The molecule has 0 spiro atoms. The molecule has 0 fully saturated rings. The van der Waals surface area contributed by atoms with E-state index in [0.717, 1.165) is 36.7 Å². The number of aliphatic hydroxyl groups excluding tert-OH is 1. The highest BCUT2D eigenvalue weighted by Crippen LogP contribution is 2.24.